The van der Waals surface area contributed by atoms with Gasteiger partial charge in [-0.2, -0.15) is 0 Å². The van der Waals surface area contributed by atoms with Gasteiger partial charge < -0.3 is 15.7 Å². The van der Waals surface area contributed by atoms with E-state index in [2.05, 4.69) is 27.8 Å². The zero-order valence-electron chi connectivity index (χ0n) is 14.0. The highest BCUT2D eigenvalue weighted by Gasteiger charge is 2.11. The molecule has 2 rings (SSSR count). The van der Waals surface area contributed by atoms with Gasteiger partial charge in [-0.25, -0.2) is 4.98 Å². The zero-order valence-corrected chi connectivity index (χ0v) is 14.0. The van der Waals surface area contributed by atoms with Crippen LogP contribution >= 0.6 is 0 Å². The number of aliphatic hydroxyl groups excluding tert-OH is 1. The Labute approximate surface area is 143 Å². The molecule has 1 amide bonds. The van der Waals surface area contributed by atoms with Crippen molar-refractivity contribution < 1.29 is 9.90 Å². The molecule has 0 spiro atoms. The summed E-state index contributed by atoms with van der Waals surface area (Å²) >= 11 is 0. The number of benzene rings is 1. The van der Waals surface area contributed by atoms with E-state index in [1.165, 1.54) is 5.56 Å². The highest BCUT2D eigenvalue weighted by Crippen LogP contribution is 2.19. The first kappa shape index (κ1) is 17.9. The number of anilines is 1. The molecule has 1 aromatic heterocycles. The topological polar surface area (TPSA) is 74.2 Å². The van der Waals surface area contributed by atoms with Gasteiger partial charge in [0.2, 0.25) is 0 Å². The van der Waals surface area contributed by atoms with Gasteiger partial charge in [0, 0.05) is 31.8 Å². The molecule has 0 saturated carbocycles. The van der Waals surface area contributed by atoms with E-state index in [-0.39, 0.29) is 18.4 Å². The fourth-order valence-corrected chi connectivity index (χ4v) is 2.47. The normalized spacial score (nSPS) is 11.8. The minimum atomic E-state index is -0.0988. The van der Waals surface area contributed by atoms with Crippen LogP contribution in [0.2, 0.25) is 0 Å². The molecule has 0 fully saturated rings. The first-order chi connectivity index (χ1) is 11.7. The van der Waals surface area contributed by atoms with E-state index < -0.39 is 0 Å². The molecule has 1 atom stereocenters. The minimum Gasteiger partial charge on any atom is -0.396 e. The van der Waals surface area contributed by atoms with Gasteiger partial charge in [-0.3, -0.25) is 4.79 Å². The quantitative estimate of drug-likeness (QED) is 0.662. The van der Waals surface area contributed by atoms with E-state index in [0.29, 0.717) is 25.1 Å². The predicted molar refractivity (Wildman–Crippen MR) is 96.2 cm³/mol. The van der Waals surface area contributed by atoms with E-state index >= 15 is 0 Å². The van der Waals surface area contributed by atoms with Crippen LogP contribution in [-0.2, 0) is 0 Å². The summed E-state index contributed by atoms with van der Waals surface area (Å²) in [5.41, 5.74) is 1.75. The van der Waals surface area contributed by atoms with Gasteiger partial charge in [0.15, 0.2) is 0 Å². The average molecular weight is 327 g/mol. The highest BCUT2D eigenvalue weighted by atomic mass is 16.3. The van der Waals surface area contributed by atoms with Crippen LogP contribution in [0.15, 0.2) is 48.7 Å². The molecule has 0 bridgehead atoms. The molecule has 2 aromatic rings. The Balaban J connectivity index is 1.94. The van der Waals surface area contributed by atoms with Gasteiger partial charge in [-0.1, -0.05) is 37.3 Å². The molecule has 0 saturated heterocycles. The van der Waals surface area contributed by atoms with Crippen molar-refractivity contribution in [3.63, 3.8) is 0 Å². The van der Waals surface area contributed by atoms with Crippen LogP contribution in [0.25, 0.3) is 0 Å². The molecular weight excluding hydrogens is 302 g/mol. The molecule has 1 heterocycles. The molecule has 3 N–H and O–H groups in total. The van der Waals surface area contributed by atoms with Gasteiger partial charge in [0.1, 0.15) is 5.82 Å². The van der Waals surface area contributed by atoms with E-state index in [0.717, 1.165) is 12.2 Å². The molecular formula is C19H25N3O2. The first-order valence-corrected chi connectivity index (χ1v) is 8.38. The summed E-state index contributed by atoms with van der Waals surface area (Å²) in [6.45, 7) is 3.50. The van der Waals surface area contributed by atoms with Gasteiger partial charge >= 0.3 is 0 Å². The molecule has 0 aliphatic heterocycles. The van der Waals surface area contributed by atoms with Gasteiger partial charge in [0.05, 0.1) is 5.56 Å². The van der Waals surface area contributed by atoms with Crippen molar-refractivity contribution in [2.75, 3.05) is 25.0 Å². The Bertz CT molecular complexity index is 614. The van der Waals surface area contributed by atoms with Gasteiger partial charge in [-0.05, 0) is 30.5 Å². The maximum atomic E-state index is 11.9. The van der Waals surface area contributed by atoms with Crippen LogP contribution in [0.5, 0.6) is 0 Å². The molecule has 0 radical (unpaired) electrons. The second-order valence-corrected chi connectivity index (χ2v) is 5.69. The lowest BCUT2D eigenvalue weighted by molar-refractivity contribution is 0.0953. The van der Waals surface area contributed by atoms with Crippen LogP contribution < -0.4 is 10.6 Å². The van der Waals surface area contributed by atoms with Gasteiger partial charge in [-0.15, -0.1) is 0 Å². The van der Waals surface area contributed by atoms with Crippen LogP contribution in [0.1, 0.15) is 41.6 Å². The van der Waals surface area contributed by atoms with Crippen molar-refractivity contribution in [3.8, 4) is 0 Å². The van der Waals surface area contributed by atoms with E-state index in [4.69, 9.17) is 0 Å². The van der Waals surface area contributed by atoms with Crippen molar-refractivity contribution in [3.05, 3.63) is 59.8 Å². The fraction of sp³-hybridized carbons (Fsp3) is 0.368. The lowest BCUT2D eigenvalue weighted by Gasteiger charge is -2.17. The van der Waals surface area contributed by atoms with Crippen LogP contribution in [0.4, 0.5) is 5.82 Å². The highest BCUT2D eigenvalue weighted by molar-refractivity contribution is 5.93. The molecule has 5 heteroatoms. The number of aliphatic hydroxyl groups is 1. The third-order valence-electron chi connectivity index (χ3n) is 3.84. The monoisotopic (exact) mass is 327 g/mol. The summed E-state index contributed by atoms with van der Waals surface area (Å²) in [6.07, 6.45) is 3.18. The number of nitrogens with zero attached hydrogens (tertiary/aromatic N) is 1. The van der Waals surface area contributed by atoms with E-state index in [1.807, 2.05) is 31.2 Å². The molecule has 0 aliphatic carbocycles. The number of nitrogens with one attached hydrogen (secondary N) is 2. The fourth-order valence-electron chi connectivity index (χ4n) is 2.47. The number of pyridine rings is 1. The number of amides is 1. The Morgan fingerprint density at radius 2 is 2.00 bits per heavy atom. The maximum absolute atomic E-state index is 11.9. The number of rotatable bonds is 9. The zero-order chi connectivity index (χ0) is 17.2. The smallest absolute Gasteiger partial charge is 0.252 e. The van der Waals surface area contributed by atoms with Crippen molar-refractivity contribution >= 4 is 11.7 Å². The summed E-state index contributed by atoms with van der Waals surface area (Å²) in [5.74, 6) is 0.838. The summed E-state index contributed by atoms with van der Waals surface area (Å²) in [7, 11) is 0. The molecule has 0 aliphatic rings. The molecule has 24 heavy (non-hydrogen) atoms. The molecule has 5 nitrogen and oxygen atoms in total. The van der Waals surface area contributed by atoms with Gasteiger partial charge in [0.25, 0.3) is 5.91 Å². The van der Waals surface area contributed by atoms with E-state index in [1.54, 1.807) is 12.3 Å². The van der Waals surface area contributed by atoms with Crippen LogP contribution in [-0.4, -0.2) is 35.7 Å². The Morgan fingerprint density at radius 1 is 1.21 bits per heavy atom. The molecule has 128 valence electrons. The van der Waals surface area contributed by atoms with Crippen LogP contribution in [0.3, 0.4) is 0 Å². The number of aromatic nitrogens is 1. The maximum Gasteiger partial charge on any atom is 0.252 e. The Morgan fingerprint density at radius 3 is 2.62 bits per heavy atom. The lowest BCUT2D eigenvalue weighted by Crippen LogP contribution is -2.24. The Kier molecular flexibility index (Phi) is 7.23. The first-order valence-electron chi connectivity index (χ1n) is 8.38. The standard InChI is InChI=1S/C19H25N3O2/c1-2-11-20-19(24)17-8-9-18(22-14-17)21-13-16(10-12-23)15-6-4-3-5-7-15/h3-9,14,16,23H,2,10-13H2,1H3,(H,20,24)(H,21,22). The summed E-state index contributed by atoms with van der Waals surface area (Å²) in [6, 6.07) is 13.7. The number of carbonyl (C=O) groups excluding carboxylic acids is 1. The predicted octanol–water partition coefficient (Wildman–Crippen LogP) is 2.80. The third-order valence-corrected chi connectivity index (χ3v) is 3.84. The summed E-state index contributed by atoms with van der Waals surface area (Å²) in [5, 5.41) is 15.4. The summed E-state index contributed by atoms with van der Waals surface area (Å²) in [4.78, 5) is 16.2. The SMILES string of the molecule is CCCNC(=O)c1ccc(NCC(CCO)c2ccccc2)nc1. The second kappa shape index (κ2) is 9.67. The lowest BCUT2D eigenvalue weighted by atomic mass is 9.96. The molecule has 1 unspecified atom stereocenters. The van der Waals surface area contributed by atoms with Crippen molar-refractivity contribution in [1.82, 2.24) is 10.3 Å². The number of carbonyl (C=O) groups is 1. The third kappa shape index (κ3) is 5.35. The van der Waals surface area contributed by atoms with Crippen molar-refractivity contribution in [2.45, 2.75) is 25.7 Å². The second-order valence-electron chi connectivity index (χ2n) is 5.69. The molecule has 1 aromatic carbocycles. The van der Waals surface area contributed by atoms with Crippen molar-refractivity contribution in [2.24, 2.45) is 0 Å². The average Bonchev–Trinajstić information content (AvgIpc) is 2.64. The Hall–Kier alpha value is -2.40. The number of hydrogen-bond donors (Lipinski definition) is 3. The van der Waals surface area contributed by atoms with E-state index in [9.17, 15) is 9.90 Å². The number of hydrogen-bond acceptors (Lipinski definition) is 4. The summed E-state index contributed by atoms with van der Waals surface area (Å²) < 4.78 is 0. The van der Waals surface area contributed by atoms with Crippen molar-refractivity contribution in [1.29, 1.82) is 0 Å². The largest absolute Gasteiger partial charge is 0.396 e. The van der Waals surface area contributed by atoms with Crippen LogP contribution in [0, 0.1) is 0 Å². The minimum absolute atomic E-state index is 0.0988.